The molecule has 1 amide bonds. The number of amides is 1. The van der Waals surface area contributed by atoms with Crippen LogP contribution in [0.4, 0.5) is 0 Å². The van der Waals surface area contributed by atoms with Crippen molar-refractivity contribution in [2.24, 2.45) is 5.73 Å². The number of hydrogen-bond acceptors (Lipinski definition) is 2. The second-order valence-corrected chi connectivity index (χ2v) is 3.55. The summed E-state index contributed by atoms with van der Waals surface area (Å²) < 4.78 is 2.91. The average Bonchev–Trinajstić information content (AvgIpc) is 2.05. The lowest BCUT2D eigenvalue weighted by Gasteiger charge is -2.16. The smallest absolute Gasteiger partial charge is 0.338 e. The molecule has 5 heteroatoms. The maximum atomic E-state index is 10.7. The zero-order valence-electron chi connectivity index (χ0n) is 6.54. The summed E-state index contributed by atoms with van der Waals surface area (Å²) >= 11 is 10.9. The van der Waals surface area contributed by atoms with Crippen LogP contribution in [0.15, 0.2) is 30.3 Å². The summed E-state index contributed by atoms with van der Waals surface area (Å²) in [5, 5.41) is 0. The van der Waals surface area contributed by atoms with E-state index in [1.54, 1.807) is 30.3 Å². The van der Waals surface area contributed by atoms with Crippen LogP contribution in [-0.2, 0) is 4.79 Å². The Hall–Kier alpha value is -0.930. The number of ether oxygens (including phenoxy) is 1. The van der Waals surface area contributed by atoms with Crippen molar-refractivity contribution in [3.05, 3.63) is 30.3 Å². The van der Waals surface area contributed by atoms with Gasteiger partial charge in [-0.1, -0.05) is 18.2 Å². The molecule has 0 atom stereocenters. The second kappa shape index (κ2) is 3.85. The first kappa shape index (κ1) is 10.2. The van der Waals surface area contributed by atoms with Gasteiger partial charge >= 0.3 is 4.52 Å². The molecule has 0 saturated heterocycles. The number of primary amides is 1. The highest BCUT2D eigenvalue weighted by Crippen LogP contribution is 2.25. The summed E-state index contributed by atoms with van der Waals surface area (Å²) in [4.78, 5) is 10.7. The first-order valence-electron chi connectivity index (χ1n) is 3.44. The Kier molecular flexibility index (Phi) is 3.01. The van der Waals surface area contributed by atoms with Crippen LogP contribution >= 0.6 is 23.2 Å². The molecule has 70 valence electrons. The predicted octanol–water partition coefficient (Wildman–Crippen LogP) is 1.68. The topological polar surface area (TPSA) is 52.3 Å². The van der Waals surface area contributed by atoms with Gasteiger partial charge in [0.2, 0.25) is 0 Å². The summed E-state index contributed by atoms with van der Waals surface area (Å²) in [6.07, 6.45) is 0. The molecule has 0 aliphatic carbocycles. The predicted molar refractivity (Wildman–Crippen MR) is 50.7 cm³/mol. The van der Waals surface area contributed by atoms with E-state index >= 15 is 0 Å². The summed E-state index contributed by atoms with van der Waals surface area (Å²) in [6, 6.07) is 8.46. The number of para-hydroxylation sites is 1. The summed E-state index contributed by atoms with van der Waals surface area (Å²) in [5.41, 5.74) is 4.89. The first-order valence-corrected chi connectivity index (χ1v) is 4.20. The van der Waals surface area contributed by atoms with Crippen LogP contribution in [0.5, 0.6) is 5.75 Å². The fourth-order valence-corrected chi connectivity index (χ4v) is 0.865. The van der Waals surface area contributed by atoms with Gasteiger partial charge in [0.15, 0.2) is 0 Å². The molecule has 1 aromatic carbocycles. The molecule has 0 unspecified atom stereocenters. The highest BCUT2D eigenvalue weighted by Gasteiger charge is 2.33. The van der Waals surface area contributed by atoms with Gasteiger partial charge in [-0.05, 0) is 35.3 Å². The molecule has 0 fully saturated rings. The lowest BCUT2D eigenvalue weighted by Crippen LogP contribution is -2.38. The highest BCUT2D eigenvalue weighted by atomic mass is 35.5. The number of hydrogen-bond donors (Lipinski definition) is 1. The maximum absolute atomic E-state index is 10.7. The minimum atomic E-state index is -2.01. The van der Waals surface area contributed by atoms with Crippen molar-refractivity contribution in [2.45, 2.75) is 4.52 Å². The van der Waals surface area contributed by atoms with Gasteiger partial charge < -0.3 is 10.5 Å². The van der Waals surface area contributed by atoms with Crippen molar-refractivity contribution in [3.8, 4) is 5.75 Å². The third-order valence-corrected chi connectivity index (χ3v) is 1.80. The van der Waals surface area contributed by atoms with Gasteiger partial charge in [0.1, 0.15) is 5.75 Å². The van der Waals surface area contributed by atoms with Crippen molar-refractivity contribution < 1.29 is 9.53 Å². The van der Waals surface area contributed by atoms with Gasteiger partial charge in [0.25, 0.3) is 5.91 Å². The van der Waals surface area contributed by atoms with E-state index in [4.69, 9.17) is 33.7 Å². The fraction of sp³-hybridized carbons (Fsp3) is 0.125. The minimum Gasteiger partial charge on any atom is -0.450 e. The van der Waals surface area contributed by atoms with Crippen molar-refractivity contribution in [1.29, 1.82) is 0 Å². The molecule has 0 aliphatic heterocycles. The average molecular weight is 220 g/mol. The molecule has 2 N–H and O–H groups in total. The van der Waals surface area contributed by atoms with Crippen LogP contribution in [0.25, 0.3) is 0 Å². The van der Waals surface area contributed by atoms with E-state index < -0.39 is 10.4 Å². The third kappa shape index (κ3) is 2.79. The van der Waals surface area contributed by atoms with Gasteiger partial charge in [-0.25, -0.2) is 0 Å². The Morgan fingerprint density at radius 3 is 2.31 bits per heavy atom. The minimum absolute atomic E-state index is 0.381. The second-order valence-electron chi connectivity index (χ2n) is 2.30. The molecule has 0 heterocycles. The Bertz CT molecular complexity index is 300. The van der Waals surface area contributed by atoms with E-state index in [9.17, 15) is 4.79 Å². The SMILES string of the molecule is NC(=O)C(Cl)(Cl)Oc1ccccc1. The molecular weight excluding hydrogens is 213 g/mol. The summed E-state index contributed by atoms with van der Waals surface area (Å²) in [6.45, 7) is 0. The van der Waals surface area contributed by atoms with E-state index in [1.165, 1.54) is 0 Å². The standard InChI is InChI=1S/C8H7Cl2NO2/c9-8(10,7(11)12)13-6-4-2-1-3-5-6/h1-5H,(H2,11,12). The number of rotatable bonds is 3. The van der Waals surface area contributed by atoms with Crippen LogP contribution in [-0.4, -0.2) is 10.4 Å². The number of carbonyl (C=O) groups excluding carboxylic acids is 1. The fourth-order valence-electron chi connectivity index (χ4n) is 0.687. The van der Waals surface area contributed by atoms with Gasteiger partial charge in [-0.2, -0.15) is 0 Å². The molecule has 0 radical (unpaired) electrons. The lowest BCUT2D eigenvalue weighted by atomic mass is 10.3. The molecule has 1 rings (SSSR count). The highest BCUT2D eigenvalue weighted by molar-refractivity contribution is 6.56. The Labute approximate surface area is 85.4 Å². The summed E-state index contributed by atoms with van der Waals surface area (Å²) in [7, 11) is 0. The van der Waals surface area contributed by atoms with Crippen LogP contribution in [0.2, 0.25) is 0 Å². The zero-order chi connectivity index (χ0) is 9.90. The van der Waals surface area contributed by atoms with Gasteiger partial charge in [0.05, 0.1) is 0 Å². The van der Waals surface area contributed by atoms with Crippen LogP contribution < -0.4 is 10.5 Å². The van der Waals surface area contributed by atoms with Crippen molar-refractivity contribution in [3.63, 3.8) is 0 Å². The van der Waals surface area contributed by atoms with Gasteiger partial charge in [-0.3, -0.25) is 4.79 Å². The molecule has 0 bridgehead atoms. The van der Waals surface area contributed by atoms with Crippen LogP contribution in [0.3, 0.4) is 0 Å². The number of benzene rings is 1. The van der Waals surface area contributed by atoms with Gasteiger partial charge in [0, 0.05) is 0 Å². The molecule has 0 saturated carbocycles. The van der Waals surface area contributed by atoms with Crippen molar-refractivity contribution >= 4 is 29.1 Å². The molecule has 0 aromatic heterocycles. The lowest BCUT2D eigenvalue weighted by molar-refractivity contribution is -0.123. The molecule has 13 heavy (non-hydrogen) atoms. The van der Waals surface area contributed by atoms with Crippen LogP contribution in [0.1, 0.15) is 0 Å². The Morgan fingerprint density at radius 2 is 1.85 bits per heavy atom. The van der Waals surface area contributed by atoms with Crippen molar-refractivity contribution in [1.82, 2.24) is 0 Å². The summed E-state index contributed by atoms with van der Waals surface area (Å²) in [5.74, 6) is -0.564. The van der Waals surface area contributed by atoms with E-state index in [1.807, 2.05) is 0 Å². The molecule has 1 aromatic rings. The first-order chi connectivity index (χ1) is 6.02. The normalized spacial score (nSPS) is 10.9. The van der Waals surface area contributed by atoms with Gasteiger partial charge in [-0.15, -0.1) is 0 Å². The van der Waals surface area contributed by atoms with E-state index in [2.05, 4.69) is 0 Å². The Balaban J connectivity index is 2.75. The zero-order valence-corrected chi connectivity index (χ0v) is 8.05. The maximum Gasteiger partial charge on any atom is 0.338 e. The number of alkyl halides is 2. The largest absolute Gasteiger partial charge is 0.450 e. The van der Waals surface area contributed by atoms with E-state index in [0.717, 1.165) is 0 Å². The molecular formula is C8H7Cl2NO2. The number of carbonyl (C=O) groups is 1. The van der Waals surface area contributed by atoms with E-state index in [0.29, 0.717) is 5.75 Å². The molecule has 3 nitrogen and oxygen atoms in total. The van der Waals surface area contributed by atoms with E-state index in [-0.39, 0.29) is 0 Å². The monoisotopic (exact) mass is 219 g/mol. The molecule has 0 spiro atoms. The number of halogens is 2. The molecule has 0 aliphatic rings. The third-order valence-electron chi connectivity index (χ3n) is 1.28. The Morgan fingerprint density at radius 1 is 1.31 bits per heavy atom. The van der Waals surface area contributed by atoms with Crippen molar-refractivity contribution in [2.75, 3.05) is 0 Å². The van der Waals surface area contributed by atoms with Crippen LogP contribution in [0, 0.1) is 0 Å². The number of nitrogens with two attached hydrogens (primary N) is 1. The quantitative estimate of drug-likeness (QED) is 0.788.